The van der Waals surface area contributed by atoms with Crippen molar-refractivity contribution in [3.8, 4) is 0 Å². The summed E-state index contributed by atoms with van der Waals surface area (Å²) in [6.45, 7) is 7.93. The Labute approximate surface area is 142 Å². The number of pyridine rings is 1. The number of ketones is 1. The number of hydrogen-bond acceptors (Lipinski definition) is 5. The summed E-state index contributed by atoms with van der Waals surface area (Å²) in [5, 5.41) is 10.3. The lowest BCUT2D eigenvalue weighted by molar-refractivity contribution is -0.130. The zero-order valence-corrected chi connectivity index (χ0v) is 14.5. The van der Waals surface area contributed by atoms with E-state index in [0.717, 1.165) is 0 Å². The highest BCUT2D eigenvalue weighted by Gasteiger charge is 2.43. The average Bonchev–Trinajstić information content (AvgIpc) is 2.79. The van der Waals surface area contributed by atoms with Gasteiger partial charge in [0, 0.05) is 24.9 Å². The molecule has 1 aromatic heterocycles. The standard InChI is InChI=1S/C18H24N2O4/c1-11(2)16(21)14-15(13-6-5-7-19-10-13)20(18(23)17(14)22)8-9-24-12(3)4/h5-7,10-12,15,22H,8-9H2,1-4H3. The summed E-state index contributed by atoms with van der Waals surface area (Å²) in [6, 6.07) is 2.92. The smallest absolute Gasteiger partial charge is 0.290 e. The van der Waals surface area contributed by atoms with Crippen molar-refractivity contribution < 1.29 is 19.4 Å². The number of amides is 1. The summed E-state index contributed by atoms with van der Waals surface area (Å²) in [6.07, 6.45) is 3.28. The number of ether oxygens (including phenoxy) is 1. The zero-order valence-electron chi connectivity index (χ0n) is 14.5. The van der Waals surface area contributed by atoms with E-state index in [1.54, 1.807) is 38.4 Å². The third-order valence-corrected chi connectivity index (χ3v) is 3.88. The number of aliphatic hydroxyl groups is 1. The summed E-state index contributed by atoms with van der Waals surface area (Å²) < 4.78 is 5.52. The predicted molar refractivity (Wildman–Crippen MR) is 89.3 cm³/mol. The molecule has 1 amide bonds. The van der Waals surface area contributed by atoms with Crippen molar-refractivity contribution >= 4 is 11.7 Å². The predicted octanol–water partition coefficient (Wildman–Crippen LogP) is 2.43. The van der Waals surface area contributed by atoms with Gasteiger partial charge in [-0.05, 0) is 25.5 Å². The molecule has 24 heavy (non-hydrogen) atoms. The van der Waals surface area contributed by atoms with E-state index >= 15 is 0 Å². The fourth-order valence-electron chi connectivity index (χ4n) is 2.72. The van der Waals surface area contributed by atoms with Crippen LogP contribution < -0.4 is 0 Å². The Bertz CT molecular complexity index is 638. The van der Waals surface area contributed by atoms with Crippen LogP contribution in [0.3, 0.4) is 0 Å². The number of aromatic nitrogens is 1. The van der Waals surface area contributed by atoms with E-state index in [9.17, 15) is 14.7 Å². The summed E-state index contributed by atoms with van der Waals surface area (Å²) >= 11 is 0. The van der Waals surface area contributed by atoms with Crippen LogP contribution in [0.1, 0.15) is 39.3 Å². The number of rotatable bonds is 7. The number of hydrogen-bond donors (Lipinski definition) is 1. The van der Waals surface area contributed by atoms with E-state index in [1.165, 1.54) is 4.90 Å². The average molecular weight is 332 g/mol. The molecule has 6 nitrogen and oxygen atoms in total. The Kier molecular flexibility index (Phi) is 5.72. The normalized spacial score (nSPS) is 18.2. The highest BCUT2D eigenvalue weighted by atomic mass is 16.5. The van der Waals surface area contributed by atoms with Crippen molar-refractivity contribution in [2.75, 3.05) is 13.2 Å². The molecule has 1 aliphatic heterocycles. The van der Waals surface area contributed by atoms with Gasteiger partial charge in [-0.3, -0.25) is 14.6 Å². The molecule has 0 bridgehead atoms. The van der Waals surface area contributed by atoms with E-state index in [0.29, 0.717) is 12.2 Å². The quantitative estimate of drug-likeness (QED) is 0.829. The molecule has 1 atom stereocenters. The lowest BCUT2D eigenvalue weighted by Gasteiger charge is -2.27. The maximum Gasteiger partial charge on any atom is 0.290 e. The Balaban J connectivity index is 2.38. The number of Topliss-reactive ketones (excluding diaryl/α,β-unsaturated/α-hetero) is 1. The molecule has 0 spiro atoms. The molecule has 1 aliphatic rings. The molecular weight excluding hydrogens is 308 g/mol. The highest BCUT2D eigenvalue weighted by Crippen LogP contribution is 2.38. The monoisotopic (exact) mass is 332 g/mol. The molecule has 2 rings (SSSR count). The molecule has 0 aromatic carbocycles. The van der Waals surface area contributed by atoms with Gasteiger partial charge in [-0.2, -0.15) is 0 Å². The minimum Gasteiger partial charge on any atom is -0.503 e. The Morgan fingerprint density at radius 3 is 2.62 bits per heavy atom. The zero-order chi connectivity index (χ0) is 17.9. The summed E-state index contributed by atoms with van der Waals surface area (Å²) in [7, 11) is 0. The molecule has 6 heteroatoms. The van der Waals surface area contributed by atoms with Crippen molar-refractivity contribution in [3.05, 3.63) is 41.4 Å². The molecule has 0 saturated carbocycles. The van der Waals surface area contributed by atoms with Gasteiger partial charge < -0.3 is 14.7 Å². The van der Waals surface area contributed by atoms with Gasteiger partial charge in [-0.1, -0.05) is 19.9 Å². The first kappa shape index (κ1) is 18.1. The number of nitrogens with zero attached hydrogens (tertiary/aromatic N) is 2. The van der Waals surface area contributed by atoms with Crippen LogP contribution in [0.15, 0.2) is 35.9 Å². The SMILES string of the molecule is CC(C)OCCN1C(=O)C(O)=C(C(=O)C(C)C)C1c1cccnc1. The molecule has 130 valence electrons. The molecule has 1 aromatic rings. The fourth-order valence-corrected chi connectivity index (χ4v) is 2.72. The Morgan fingerprint density at radius 2 is 2.08 bits per heavy atom. The van der Waals surface area contributed by atoms with E-state index in [2.05, 4.69) is 4.98 Å². The van der Waals surface area contributed by atoms with E-state index in [4.69, 9.17) is 4.74 Å². The van der Waals surface area contributed by atoms with E-state index in [1.807, 2.05) is 13.8 Å². The first-order valence-electron chi connectivity index (χ1n) is 8.14. The molecule has 0 aliphatic carbocycles. The van der Waals surface area contributed by atoms with Crippen LogP contribution in [-0.2, 0) is 14.3 Å². The van der Waals surface area contributed by atoms with E-state index < -0.39 is 17.7 Å². The van der Waals surface area contributed by atoms with Gasteiger partial charge in [0.2, 0.25) is 0 Å². The molecule has 1 unspecified atom stereocenters. The minimum atomic E-state index is -0.628. The second-order valence-electron chi connectivity index (χ2n) is 6.39. The first-order valence-corrected chi connectivity index (χ1v) is 8.14. The molecule has 0 radical (unpaired) electrons. The van der Waals surface area contributed by atoms with Gasteiger partial charge in [0.1, 0.15) is 0 Å². The second-order valence-corrected chi connectivity index (χ2v) is 6.39. The third kappa shape index (κ3) is 3.64. The Hall–Kier alpha value is -2.21. The maximum absolute atomic E-state index is 12.6. The van der Waals surface area contributed by atoms with Gasteiger partial charge in [0.05, 0.1) is 24.3 Å². The number of aliphatic hydroxyl groups excluding tert-OH is 1. The van der Waals surface area contributed by atoms with Crippen LogP contribution >= 0.6 is 0 Å². The van der Waals surface area contributed by atoms with Crippen molar-refractivity contribution in [2.24, 2.45) is 5.92 Å². The van der Waals surface area contributed by atoms with Crippen LogP contribution in [0.2, 0.25) is 0 Å². The van der Waals surface area contributed by atoms with Crippen LogP contribution in [0.4, 0.5) is 0 Å². The molecule has 0 saturated heterocycles. The molecule has 1 N–H and O–H groups in total. The number of carbonyl (C=O) groups excluding carboxylic acids is 2. The third-order valence-electron chi connectivity index (χ3n) is 3.88. The second kappa shape index (κ2) is 7.57. The topological polar surface area (TPSA) is 79.7 Å². The van der Waals surface area contributed by atoms with Crippen LogP contribution in [-0.4, -0.2) is 45.9 Å². The van der Waals surface area contributed by atoms with Crippen molar-refractivity contribution in [1.82, 2.24) is 9.88 Å². The fraction of sp³-hybridized carbons (Fsp3) is 0.500. The van der Waals surface area contributed by atoms with Gasteiger partial charge in [-0.15, -0.1) is 0 Å². The van der Waals surface area contributed by atoms with E-state index in [-0.39, 0.29) is 29.9 Å². The van der Waals surface area contributed by atoms with Crippen LogP contribution in [0.5, 0.6) is 0 Å². The summed E-state index contributed by atoms with van der Waals surface area (Å²) in [4.78, 5) is 30.6. The van der Waals surface area contributed by atoms with Gasteiger partial charge >= 0.3 is 0 Å². The largest absolute Gasteiger partial charge is 0.503 e. The van der Waals surface area contributed by atoms with Crippen LogP contribution in [0, 0.1) is 5.92 Å². The van der Waals surface area contributed by atoms with Crippen LogP contribution in [0.25, 0.3) is 0 Å². The van der Waals surface area contributed by atoms with Crippen molar-refractivity contribution in [2.45, 2.75) is 39.8 Å². The molecule has 2 heterocycles. The highest BCUT2D eigenvalue weighted by molar-refractivity contribution is 6.09. The van der Waals surface area contributed by atoms with Gasteiger partial charge in [-0.25, -0.2) is 0 Å². The van der Waals surface area contributed by atoms with Gasteiger partial charge in [0.15, 0.2) is 11.5 Å². The lowest BCUT2D eigenvalue weighted by atomic mass is 9.92. The minimum absolute atomic E-state index is 0.0397. The molecular formula is C18H24N2O4. The summed E-state index contributed by atoms with van der Waals surface area (Å²) in [5.74, 6) is -1.56. The summed E-state index contributed by atoms with van der Waals surface area (Å²) in [5.41, 5.74) is 0.844. The van der Waals surface area contributed by atoms with Crippen molar-refractivity contribution in [1.29, 1.82) is 0 Å². The molecule has 0 fully saturated rings. The Morgan fingerprint density at radius 1 is 1.38 bits per heavy atom. The lowest BCUT2D eigenvalue weighted by Crippen LogP contribution is -2.34. The first-order chi connectivity index (χ1) is 11.3. The van der Waals surface area contributed by atoms with Gasteiger partial charge in [0.25, 0.3) is 5.91 Å². The van der Waals surface area contributed by atoms with Crippen molar-refractivity contribution in [3.63, 3.8) is 0 Å². The maximum atomic E-state index is 12.6. The number of carbonyl (C=O) groups is 2.